The first kappa shape index (κ1) is 19.8. The van der Waals surface area contributed by atoms with Crippen LogP contribution in [-0.4, -0.2) is 41.5 Å². The maximum atomic E-state index is 12.7. The average Bonchev–Trinajstić information content (AvgIpc) is 3.46. The van der Waals surface area contributed by atoms with Crippen molar-refractivity contribution >= 4 is 11.7 Å². The molecule has 0 aromatic carbocycles. The Bertz CT molecular complexity index is 1060. The lowest BCUT2D eigenvalue weighted by Crippen LogP contribution is -2.54. The first-order chi connectivity index (χ1) is 14.5. The molecule has 154 valence electrons. The van der Waals surface area contributed by atoms with Gasteiger partial charge >= 0.3 is 0 Å². The second-order valence-corrected chi connectivity index (χ2v) is 7.88. The third-order valence-corrected chi connectivity index (χ3v) is 5.49. The molecule has 0 spiro atoms. The molecule has 3 aromatic rings. The predicted octanol–water partition coefficient (Wildman–Crippen LogP) is 4.28. The number of carbonyl (C=O) groups is 1. The van der Waals surface area contributed by atoms with E-state index in [2.05, 4.69) is 24.8 Å². The van der Waals surface area contributed by atoms with Crippen LogP contribution in [0, 0.1) is 11.3 Å². The van der Waals surface area contributed by atoms with E-state index in [0.29, 0.717) is 36.6 Å². The molecule has 1 saturated heterocycles. The van der Waals surface area contributed by atoms with Gasteiger partial charge in [-0.05, 0) is 31.0 Å². The first-order valence-electron chi connectivity index (χ1n) is 10.0. The van der Waals surface area contributed by atoms with Gasteiger partial charge < -0.3 is 18.6 Å². The molecule has 0 N–H and O–H groups in total. The van der Waals surface area contributed by atoms with Gasteiger partial charge in [-0.2, -0.15) is 5.26 Å². The Morgan fingerprint density at radius 2 is 2.00 bits per heavy atom. The van der Waals surface area contributed by atoms with E-state index in [0.717, 1.165) is 16.8 Å². The normalized spacial score (nSPS) is 16.7. The molecule has 0 unspecified atom stereocenters. The van der Waals surface area contributed by atoms with Gasteiger partial charge in [-0.1, -0.05) is 13.8 Å². The average molecular weight is 404 g/mol. The van der Waals surface area contributed by atoms with Gasteiger partial charge in [-0.15, -0.1) is 0 Å². The van der Waals surface area contributed by atoms with Crippen molar-refractivity contribution in [2.24, 2.45) is 0 Å². The van der Waals surface area contributed by atoms with E-state index >= 15 is 0 Å². The highest BCUT2D eigenvalue weighted by atomic mass is 16.3. The minimum Gasteiger partial charge on any atom is -0.472 e. The Balaban J connectivity index is 1.64. The summed E-state index contributed by atoms with van der Waals surface area (Å²) >= 11 is 0. The number of amides is 1. The number of piperazine rings is 1. The minimum absolute atomic E-state index is 0.0226. The molecule has 4 rings (SSSR count). The van der Waals surface area contributed by atoms with Crippen LogP contribution in [0.2, 0.25) is 0 Å². The Morgan fingerprint density at radius 1 is 1.23 bits per heavy atom. The summed E-state index contributed by atoms with van der Waals surface area (Å²) in [5.74, 6) is 0.820. The standard InChI is InChI=1S/C23H24N4O3/c1-15(2)21-20(17-4-8-29-13-17)10-19(11-24)22(25-21)26-6-7-27(16(3)12-26)23(28)18-5-9-30-14-18/h4-5,8-10,13-16H,6-7,12H2,1-3H3/t16-/m1/s1. The Kier molecular flexibility index (Phi) is 5.32. The predicted molar refractivity (Wildman–Crippen MR) is 112 cm³/mol. The van der Waals surface area contributed by atoms with Gasteiger partial charge in [0.25, 0.3) is 5.91 Å². The van der Waals surface area contributed by atoms with Crippen molar-refractivity contribution in [1.82, 2.24) is 9.88 Å². The molecule has 0 bridgehead atoms. The Labute approximate surface area is 175 Å². The van der Waals surface area contributed by atoms with Crippen LogP contribution in [0.25, 0.3) is 11.1 Å². The topological polar surface area (TPSA) is 86.5 Å². The van der Waals surface area contributed by atoms with Crippen molar-refractivity contribution in [2.45, 2.75) is 32.7 Å². The summed E-state index contributed by atoms with van der Waals surface area (Å²) in [5, 5.41) is 9.82. The molecule has 1 atom stereocenters. The molecule has 1 amide bonds. The van der Waals surface area contributed by atoms with Crippen LogP contribution in [0.5, 0.6) is 0 Å². The zero-order valence-electron chi connectivity index (χ0n) is 17.3. The molecule has 1 fully saturated rings. The maximum Gasteiger partial charge on any atom is 0.257 e. The van der Waals surface area contributed by atoms with Crippen molar-refractivity contribution in [2.75, 3.05) is 24.5 Å². The monoisotopic (exact) mass is 404 g/mol. The number of hydrogen-bond donors (Lipinski definition) is 0. The Hall–Kier alpha value is -3.53. The largest absolute Gasteiger partial charge is 0.472 e. The van der Waals surface area contributed by atoms with Crippen LogP contribution in [0.1, 0.15) is 48.3 Å². The lowest BCUT2D eigenvalue weighted by atomic mass is 9.97. The third kappa shape index (κ3) is 3.57. The summed E-state index contributed by atoms with van der Waals surface area (Å²) in [6.45, 7) is 7.96. The molecular formula is C23H24N4O3. The first-order valence-corrected chi connectivity index (χ1v) is 10.0. The molecule has 0 saturated carbocycles. The maximum absolute atomic E-state index is 12.7. The Morgan fingerprint density at radius 3 is 2.60 bits per heavy atom. The highest BCUT2D eigenvalue weighted by Crippen LogP contribution is 2.33. The number of nitriles is 1. The van der Waals surface area contributed by atoms with E-state index in [-0.39, 0.29) is 17.9 Å². The van der Waals surface area contributed by atoms with Crippen molar-refractivity contribution < 1.29 is 13.6 Å². The minimum atomic E-state index is -0.0393. The lowest BCUT2D eigenvalue weighted by Gasteiger charge is -2.40. The van der Waals surface area contributed by atoms with E-state index in [1.165, 1.54) is 12.5 Å². The fourth-order valence-corrected chi connectivity index (χ4v) is 3.93. The zero-order chi connectivity index (χ0) is 21.3. The van der Waals surface area contributed by atoms with Crippen molar-refractivity contribution in [3.8, 4) is 17.2 Å². The summed E-state index contributed by atoms with van der Waals surface area (Å²) in [4.78, 5) is 21.6. The quantitative estimate of drug-likeness (QED) is 0.645. The molecule has 1 aliphatic heterocycles. The van der Waals surface area contributed by atoms with E-state index in [4.69, 9.17) is 13.8 Å². The van der Waals surface area contributed by atoms with Crippen LogP contribution in [0.4, 0.5) is 5.82 Å². The fourth-order valence-electron chi connectivity index (χ4n) is 3.93. The summed E-state index contributed by atoms with van der Waals surface area (Å²) in [6, 6.07) is 7.74. The van der Waals surface area contributed by atoms with E-state index < -0.39 is 0 Å². The molecule has 4 heterocycles. The van der Waals surface area contributed by atoms with Gasteiger partial charge in [0.15, 0.2) is 0 Å². The van der Waals surface area contributed by atoms with Gasteiger partial charge in [0.1, 0.15) is 18.2 Å². The van der Waals surface area contributed by atoms with Crippen molar-refractivity contribution in [3.05, 3.63) is 60.1 Å². The van der Waals surface area contributed by atoms with Gasteiger partial charge in [-0.25, -0.2) is 4.98 Å². The summed E-state index contributed by atoms with van der Waals surface area (Å²) in [5.41, 5.74) is 3.84. The smallest absolute Gasteiger partial charge is 0.257 e. The van der Waals surface area contributed by atoms with Gasteiger partial charge in [0, 0.05) is 36.8 Å². The number of nitrogens with zero attached hydrogens (tertiary/aromatic N) is 4. The zero-order valence-corrected chi connectivity index (χ0v) is 17.3. The van der Waals surface area contributed by atoms with Gasteiger partial charge in [0.05, 0.1) is 35.6 Å². The van der Waals surface area contributed by atoms with Crippen molar-refractivity contribution in [1.29, 1.82) is 5.26 Å². The lowest BCUT2D eigenvalue weighted by molar-refractivity contribution is 0.0673. The molecule has 30 heavy (non-hydrogen) atoms. The van der Waals surface area contributed by atoms with E-state index in [1.54, 1.807) is 18.6 Å². The molecule has 0 aliphatic carbocycles. The second-order valence-electron chi connectivity index (χ2n) is 7.88. The number of carbonyl (C=O) groups excluding carboxylic acids is 1. The van der Waals surface area contributed by atoms with Crippen LogP contribution < -0.4 is 4.90 Å². The molecule has 3 aromatic heterocycles. The molecule has 7 heteroatoms. The molecule has 1 aliphatic rings. The fraction of sp³-hybridized carbons (Fsp3) is 0.348. The molecule has 7 nitrogen and oxygen atoms in total. The second kappa shape index (κ2) is 8.07. The number of furan rings is 2. The van der Waals surface area contributed by atoms with Crippen LogP contribution in [0.15, 0.2) is 52.1 Å². The van der Waals surface area contributed by atoms with Crippen LogP contribution in [-0.2, 0) is 0 Å². The number of rotatable bonds is 4. The highest BCUT2D eigenvalue weighted by Gasteiger charge is 2.31. The van der Waals surface area contributed by atoms with Crippen LogP contribution in [0.3, 0.4) is 0 Å². The number of aromatic nitrogens is 1. The van der Waals surface area contributed by atoms with Gasteiger partial charge in [-0.3, -0.25) is 4.79 Å². The summed E-state index contributed by atoms with van der Waals surface area (Å²) in [6.07, 6.45) is 6.27. The van der Waals surface area contributed by atoms with Crippen LogP contribution >= 0.6 is 0 Å². The summed E-state index contributed by atoms with van der Waals surface area (Å²) in [7, 11) is 0. The highest BCUT2D eigenvalue weighted by molar-refractivity contribution is 5.94. The number of anilines is 1. The SMILES string of the molecule is CC(C)c1nc(N2CCN(C(=O)c3ccoc3)[C@H](C)C2)c(C#N)cc1-c1ccoc1. The third-order valence-electron chi connectivity index (χ3n) is 5.49. The molecule has 0 radical (unpaired) electrons. The van der Waals surface area contributed by atoms with Gasteiger partial charge in [0.2, 0.25) is 0 Å². The van der Waals surface area contributed by atoms with E-state index in [1.807, 2.05) is 24.0 Å². The number of hydrogen-bond acceptors (Lipinski definition) is 6. The van der Waals surface area contributed by atoms with Crippen molar-refractivity contribution in [3.63, 3.8) is 0 Å². The number of pyridine rings is 1. The molecular weight excluding hydrogens is 380 g/mol. The van der Waals surface area contributed by atoms with E-state index in [9.17, 15) is 10.1 Å². The summed E-state index contributed by atoms with van der Waals surface area (Å²) < 4.78 is 10.3.